The molecule has 0 spiro atoms. The number of aromatic nitrogens is 4. The van der Waals surface area contributed by atoms with Crippen molar-refractivity contribution in [2.75, 3.05) is 13.1 Å². The number of hydrogen-bond acceptors (Lipinski definition) is 5. The van der Waals surface area contributed by atoms with Crippen LogP contribution >= 0.6 is 0 Å². The van der Waals surface area contributed by atoms with Gasteiger partial charge in [-0.15, -0.1) is 0 Å². The summed E-state index contributed by atoms with van der Waals surface area (Å²) in [6.45, 7) is 3.54. The lowest BCUT2D eigenvalue weighted by Crippen LogP contribution is -2.39. The molecule has 2 aromatic heterocycles. The van der Waals surface area contributed by atoms with Crippen molar-refractivity contribution in [3.05, 3.63) is 29.7 Å². The van der Waals surface area contributed by atoms with Gasteiger partial charge in [-0.05, 0) is 19.3 Å². The monoisotopic (exact) mass is 317 g/mol. The van der Waals surface area contributed by atoms with Crippen molar-refractivity contribution in [1.29, 1.82) is 0 Å². The highest BCUT2D eigenvalue weighted by Gasteiger charge is 2.29. The second-order valence-corrected chi connectivity index (χ2v) is 6.15. The molecular weight excluding hydrogens is 294 g/mol. The molecule has 0 aliphatic carbocycles. The normalized spacial score (nSPS) is 18.3. The molecule has 0 unspecified atom stereocenters. The summed E-state index contributed by atoms with van der Waals surface area (Å²) in [5.74, 6) is 1.60. The molecule has 1 amide bonds. The Labute approximate surface area is 135 Å². The summed E-state index contributed by atoms with van der Waals surface area (Å²) in [4.78, 5) is 18.9. The van der Waals surface area contributed by atoms with Crippen LogP contribution in [-0.4, -0.2) is 43.8 Å². The van der Waals surface area contributed by atoms with Crippen molar-refractivity contribution in [3.63, 3.8) is 0 Å². The molecule has 7 nitrogen and oxygen atoms in total. The number of carbonyl (C=O) groups is 1. The molecule has 23 heavy (non-hydrogen) atoms. The number of likely N-dealkylation sites (tertiary alicyclic amines) is 1. The fourth-order valence-corrected chi connectivity index (χ4v) is 2.95. The molecule has 0 saturated carbocycles. The maximum Gasteiger partial charge on any atom is 0.257 e. The van der Waals surface area contributed by atoms with E-state index in [0.29, 0.717) is 18.0 Å². The zero-order valence-corrected chi connectivity index (χ0v) is 13.7. The van der Waals surface area contributed by atoms with Gasteiger partial charge in [0.25, 0.3) is 5.91 Å². The number of hydrogen-bond donors (Lipinski definition) is 0. The standard InChI is InChI=1S/C16H23N5O2/c1-3-4-7-14-18-15(23-19-14)12-6-5-8-21(11-12)16(22)13-9-17-20(2)10-13/h9-10,12H,3-8,11H2,1-2H3/t12-/m1/s1. The number of unbranched alkanes of at least 4 members (excludes halogenated alkanes) is 1. The highest BCUT2D eigenvalue weighted by atomic mass is 16.5. The van der Waals surface area contributed by atoms with Gasteiger partial charge in [0.15, 0.2) is 5.82 Å². The van der Waals surface area contributed by atoms with Crippen molar-refractivity contribution in [2.45, 2.75) is 44.9 Å². The quantitative estimate of drug-likeness (QED) is 0.844. The van der Waals surface area contributed by atoms with E-state index < -0.39 is 0 Å². The van der Waals surface area contributed by atoms with E-state index in [-0.39, 0.29) is 11.8 Å². The predicted molar refractivity (Wildman–Crippen MR) is 84.0 cm³/mol. The van der Waals surface area contributed by atoms with Crippen LogP contribution in [0.5, 0.6) is 0 Å². The molecule has 1 fully saturated rings. The van der Waals surface area contributed by atoms with Crippen molar-refractivity contribution >= 4 is 5.91 Å². The van der Waals surface area contributed by atoms with Crippen molar-refractivity contribution < 1.29 is 9.32 Å². The molecule has 7 heteroatoms. The first-order valence-corrected chi connectivity index (χ1v) is 8.27. The molecular formula is C16H23N5O2. The van der Waals surface area contributed by atoms with Gasteiger partial charge in [0, 0.05) is 32.8 Å². The molecule has 1 aliphatic rings. The lowest BCUT2D eigenvalue weighted by atomic mass is 9.97. The first kappa shape index (κ1) is 15.7. The van der Waals surface area contributed by atoms with Crippen LogP contribution in [0.1, 0.15) is 60.6 Å². The minimum atomic E-state index is 0.0218. The second-order valence-electron chi connectivity index (χ2n) is 6.15. The summed E-state index contributed by atoms with van der Waals surface area (Å²) in [6.07, 6.45) is 8.32. The summed E-state index contributed by atoms with van der Waals surface area (Å²) in [5, 5.41) is 8.13. The van der Waals surface area contributed by atoms with Gasteiger partial charge >= 0.3 is 0 Å². The Balaban J connectivity index is 1.66. The first-order valence-electron chi connectivity index (χ1n) is 8.27. The van der Waals surface area contributed by atoms with Gasteiger partial charge in [-0.25, -0.2) is 0 Å². The number of amides is 1. The topological polar surface area (TPSA) is 77.0 Å². The maximum absolute atomic E-state index is 12.5. The van der Waals surface area contributed by atoms with Gasteiger partial charge in [-0.3, -0.25) is 9.48 Å². The molecule has 3 heterocycles. The summed E-state index contributed by atoms with van der Waals surface area (Å²) < 4.78 is 7.07. The molecule has 1 aliphatic heterocycles. The summed E-state index contributed by atoms with van der Waals surface area (Å²) >= 11 is 0. The SMILES string of the molecule is CCCCc1noc([C@@H]2CCCN(C(=O)c3cnn(C)c3)C2)n1. The molecule has 0 radical (unpaired) electrons. The Morgan fingerprint density at radius 1 is 1.48 bits per heavy atom. The third-order valence-electron chi connectivity index (χ3n) is 4.25. The Morgan fingerprint density at radius 2 is 2.35 bits per heavy atom. The van der Waals surface area contributed by atoms with Gasteiger partial charge in [0.2, 0.25) is 5.89 Å². The average Bonchev–Trinajstić information content (AvgIpc) is 3.21. The summed E-state index contributed by atoms with van der Waals surface area (Å²) in [7, 11) is 1.81. The second kappa shape index (κ2) is 6.93. The molecule has 1 saturated heterocycles. The van der Waals surface area contributed by atoms with E-state index in [4.69, 9.17) is 4.52 Å². The highest BCUT2D eigenvalue weighted by Crippen LogP contribution is 2.26. The third-order valence-corrected chi connectivity index (χ3v) is 4.25. The van der Waals surface area contributed by atoms with E-state index in [2.05, 4.69) is 22.2 Å². The molecule has 124 valence electrons. The van der Waals surface area contributed by atoms with E-state index in [1.54, 1.807) is 17.1 Å². The third kappa shape index (κ3) is 3.60. The van der Waals surface area contributed by atoms with Crippen LogP contribution in [-0.2, 0) is 13.5 Å². The molecule has 0 aromatic carbocycles. The zero-order chi connectivity index (χ0) is 16.2. The Morgan fingerprint density at radius 3 is 3.09 bits per heavy atom. The van der Waals surface area contributed by atoms with Crippen LogP contribution in [0.3, 0.4) is 0 Å². The molecule has 0 N–H and O–H groups in total. The van der Waals surface area contributed by atoms with Crippen LogP contribution in [0.25, 0.3) is 0 Å². The largest absolute Gasteiger partial charge is 0.339 e. The Hall–Kier alpha value is -2.18. The van der Waals surface area contributed by atoms with Gasteiger partial charge in [0.05, 0.1) is 17.7 Å². The fraction of sp³-hybridized carbons (Fsp3) is 0.625. The van der Waals surface area contributed by atoms with Crippen LogP contribution < -0.4 is 0 Å². The molecule has 1 atom stereocenters. The minimum Gasteiger partial charge on any atom is -0.339 e. The van der Waals surface area contributed by atoms with E-state index in [1.165, 1.54) is 0 Å². The number of piperidine rings is 1. The smallest absolute Gasteiger partial charge is 0.257 e. The van der Waals surface area contributed by atoms with Crippen LogP contribution in [0, 0.1) is 0 Å². The van der Waals surface area contributed by atoms with Crippen LogP contribution in [0.2, 0.25) is 0 Å². The average molecular weight is 317 g/mol. The lowest BCUT2D eigenvalue weighted by molar-refractivity contribution is 0.0695. The predicted octanol–water partition coefficient (Wildman–Crippen LogP) is 2.17. The first-order chi connectivity index (χ1) is 11.2. The minimum absolute atomic E-state index is 0.0218. The molecule has 0 bridgehead atoms. The van der Waals surface area contributed by atoms with Crippen LogP contribution in [0.15, 0.2) is 16.9 Å². The number of aryl methyl sites for hydroxylation is 2. The lowest BCUT2D eigenvalue weighted by Gasteiger charge is -2.30. The maximum atomic E-state index is 12.5. The van der Waals surface area contributed by atoms with Crippen molar-refractivity contribution in [2.24, 2.45) is 7.05 Å². The Kier molecular flexibility index (Phi) is 4.73. The number of nitrogens with zero attached hydrogens (tertiary/aromatic N) is 5. The van der Waals surface area contributed by atoms with E-state index in [1.807, 2.05) is 11.9 Å². The van der Waals surface area contributed by atoms with E-state index in [9.17, 15) is 4.79 Å². The van der Waals surface area contributed by atoms with Crippen LogP contribution in [0.4, 0.5) is 0 Å². The molecule has 2 aromatic rings. The van der Waals surface area contributed by atoms with Crippen molar-refractivity contribution in [1.82, 2.24) is 24.8 Å². The van der Waals surface area contributed by atoms with Gasteiger partial charge < -0.3 is 9.42 Å². The number of carbonyl (C=O) groups excluding carboxylic acids is 1. The van der Waals surface area contributed by atoms with E-state index >= 15 is 0 Å². The summed E-state index contributed by atoms with van der Waals surface area (Å²) in [5.41, 5.74) is 0.627. The Bertz CT molecular complexity index is 663. The summed E-state index contributed by atoms with van der Waals surface area (Å²) in [6, 6.07) is 0. The highest BCUT2D eigenvalue weighted by molar-refractivity contribution is 5.93. The fourth-order valence-electron chi connectivity index (χ4n) is 2.95. The van der Waals surface area contributed by atoms with Gasteiger partial charge in [-0.1, -0.05) is 18.5 Å². The van der Waals surface area contributed by atoms with Crippen molar-refractivity contribution in [3.8, 4) is 0 Å². The van der Waals surface area contributed by atoms with Gasteiger partial charge in [-0.2, -0.15) is 10.1 Å². The van der Waals surface area contributed by atoms with Gasteiger partial charge in [0.1, 0.15) is 0 Å². The number of rotatable bonds is 5. The zero-order valence-electron chi connectivity index (χ0n) is 13.7. The molecule has 3 rings (SSSR count). The van der Waals surface area contributed by atoms with E-state index in [0.717, 1.165) is 44.5 Å².